The fourth-order valence-electron chi connectivity index (χ4n) is 1.42. The van der Waals surface area contributed by atoms with Gasteiger partial charge in [-0.15, -0.1) is 0 Å². The lowest BCUT2D eigenvalue weighted by molar-refractivity contribution is 0.619. The molecule has 0 fully saturated rings. The van der Waals surface area contributed by atoms with Crippen molar-refractivity contribution in [3.63, 3.8) is 0 Å². The van der Waals surface area contributed by atoms with Gasteiger partial charge in [0.1, 0.15) is 5.82 Å². The summed E-state index contributed by atoms with van der Waals surface area (Å²) in [5, 5.41) is 5.98. The summed E-state index contributed by atoms with van der Waals surface area (Å²) in [5.41, 5.74) is 7.36. The molecule has 1 aromatic rings. The average Bonchev–Trinajstić information content (AvgIpc) is 2.67. The molecule has 0 bridgehead atoms. The zero-order chi connectivity index (χ0) is 10.8. The van der Waals surface area contributed by atoms with E-state index in [0.29, 0.717) is 22.9 Å². The SMILES string of the molecule is Cc1cc(N)c(NC2=NCCN2)cc1F. The van der Waals surface area contributed by atoms with Gasteiger partial charge in [0.05, 0.1) is 17.9 Å². The zero-order valence-corrected chi connectivity index (χ0v) is 8.47. The molecule has 0 saturated heterocycles. The molecule has 0 amide bonds. The van der Waals surface area contributed by atoms with Crippen molar-refractivity contribution in [1.82, 2.24) is 5.32 Å². The number of hydrogen-bond acceptors (Lipinski definition) is 4. The Morgan fingerprint density at radius 3 is 3.00 bits per heavy atom. The van der Waals surface area contributed by atoms with Crippen LogP contribution in [0.1, 0.15) is 5.56 Å². The van der Waals surface area contributed by atoms with Crippen LogP contribution in [0.2, 0.25) is 0 Å². The predicted molar refractivity (Wildman–Crippen MR) is 59.5 cm³/mol. The molecule has 0 radical (unpaired) electrons. The smallest absolute Gasteiger partial charge is 0.195 e. The van der Waals surface area contributed by atoms with E-state index >= 15 is 0 Å². The van der Waals surface area contributed by atoms with Crippen molar-refractivity contribution in [2.24, 2.45) is 4.99 Å². The molecule has 0 aromatic heterocycles. The van der Waals surface area contributed by atoms with Gasteiger partial charge in [0, 0.05) is 6.54 Å². The molecule has 0 saturated carbocycles. The van der Waals surface area contributed by atoms with E-state index in [1.54, 1.807) is 13.0 Å². The Morgan fingerprint density at radius 2 is 2.33 bits per heavy atom. The lowest BCUT2D eigenvalue weighted by Gasteiger charge is -2.10. The number of nitrogens with two attached hydrogens (primary N) is 1. The summed E-state index contributed by atoms with van der Waals surface area (Å²) in [4.78, 5) is 4.14. The Bertz CT molecular complexity index is 414. The molecule has 1 aliphatic heterocycles. The third-order valence-corrected chi connectivity index (χ3v) is 2.26. The Morgan fingerprint density at radius 1 is 1.53 bits per heavy atom. The van der Waals surface area contributed by atoms with Gasteiger partial charge in [0.25, 0.3) is 0 Å². The molecule has 0 unspecified atom stereocenters. The second kappa shape index (κ2) is 3.76. The number of nitrogens with one attached hydrogen (secondary N) is 2. The van der Waals surface area contributed by atoms with Gasteiger partial charge < -0.3 is 16.4 Å². The van der Waals surface area contributed by atoms with Gasteiger partial charge in [-0.1, -0.05) is 0 Å². The van der Waals surface area contributed by atoms with Crippen LogP contribution in [0.4, 0.5) is 15.8 Å². The van der Waals surface area contributed by atoms with Crippen LogP contribution in [0.15, 0.2) is 17.1 Å². The Balaban J connectivity index is 2.24. The molecule has 1 heterocycles. The van der Waals surface area contributed by atoms with Crippen LogP contribution in [0.3, 0.4) is 0 Å². The average molecular weight is 208 g/mol. The van der Waals surface area contributed by atoms with Crippen molar-refractivity contribution in [2.45, 2.75) is 6.92 Å². The normalized spacial score (nSPS) is 14.7. The second-order valence-electron chi connectivity index (χ2n) is 3.47. The summed E-state index contributed by atoms with van der Waals surface area (Å²) >= 11 is 0. The minimum absolute atomic E-state index is 0.273. The molecule has 2 rings (SSSR count). The van der Waals surface area contributed by atoms with Crippen molar-refractivity contribution in [2.75, 3.05) is 24.1 Å². The summed E-state index contributed by atoms with van der Waals surface area (Å²) in [7, 11) is 0. The number of anilines is 2. The molecule has 80 valence electrons. The molecule has 0 atom stereocenters. The van der Waals surface area contributed by atoms with Crippen molar-refractivity contribution in [3.05, 3.63) is 23.5 Å². The third-order valence-electron chi connectivity index (χ3n) is 2.26. The first-order valence-corrected chi connectivity index (χ1v) is 4.78. The first-order chi connectivity index (χ1) is 7.16. The highest BCUT2D eigenvalue weighted by Crippen LogP contribution is 2.22. The van der Waals surface area contributed by atoms with Gasteiger partial charge in [0.15, 0.2) is 5.96 Å². The third kappa shape index (κ3) is 2.01. The topological polar surface area (TPSA) is 62.4 Å². The number of nitrogens with zero attached hydrogens (tertiary/aromatic N) is 1. The summed E-state index contributed by atoms with van der Waals surface area (Å²) in [6, 6.07) is 2.99. The number of hydrogen-bond donors (Lipinski definition) is 3. The highest BCUT2D eigenvalue weighted by Gasteiger charge is 2.09. The number of benzene rings is 1. The largest absolute Gasteiger partial charge is 0.397 e. The maximum Gasteiger partial charge on any atom is 0.195 e. The van der Waals surface area contributed by atoms with E-state index in [-0.39, 0.29) is 5.82 Å². The molecule has 5 heteroatoms. The van der Waals surface area contributed by atoms with Crippen LogP contribution in [0.5, 0.6) is 0 Å². The van der Waals surface area contributed by atoms with E-state index in [2.05, 4.69) is 15.6 Å². The number of nitrogen functional groups attached to an aromatic ring is 1. The Labute approximate surface area is 87.4 Å². The minimum Gasteiger partial charge on any atom is -0.397 e. The van der Waals surface area contributed by atoms with E-state index in [1.807, 2.05) is 0 Å². The number of rotatable bonds is 1. The molecule has 1 aliphatic rings. The van der Waals surface area contributed by atoms with Crippen LogP contribution >= 0.6 is 0 Å². The van der Waals surface area contributed by atoms with E-state index in [1.165, 1.54) is 6.07 Å². The number of halogens is 1. The molecule has 15 heavy (non-hydrogen) atoms. The van der Waals surface area contributed by atoms with Crippen LogP contribution in [-0.2, 0) is 0 Å². The number of guanidine groups is 1. The zero-order valence-electron chi connectivity index (χ0n) is 8.47. The van der Waals surface area contributed by atoms with Gasteiger partial charge in [-0.2, -0.15) is 0 Å². The summed E-state index contributed by atoms with van der Waals surface area (Å²) in [6.07, 6.45) is 0. The molecular formula is C10H13FN4. The van der Waals surface area contributed by atoms with Crippen LogP contribution in [-0.4, -0.2) is 19.0 Å². The van der Waals surface area contributed by atoms with E-state index in [4.69, 9.17) is 5.73 Å². The first-order valence-electron chi connectivity index (χ1n) is 4.78. The van der Waals surface area contributed by atoms with E-state index < -0.39 is 0 Å². The Hall–Kier alpha value is -1.78. The van der Waals surface area contributed by atoms with Gasteiger partial charge in [-0.25, -0.2) is 4.39 Å². The van der Waals surface area contributed by atoms with Crippen LogP contribution in [0, 0.1) is 12.7 Å². The summed E-state index contributed by atoms with van der Waals surface area (Å²) in [6.45, 7) is 3.22. The molecule has 0 aliphatic carbocycles. The monoisotopic (exact) mass is 208 g/mol. The number of aryl methyl sites for hydroxylation is 1. The highest BCUT2D eigenvalue weighted by atomic mass is 19.1. The molecular weight excluding hydrogens is 195 g/mol. The number of aliphatic imine (C=N–C) groups is 1. The molecule has 4 nitrogen and oxygen atoms in total. The maximum absolute atomic E-state index is 13.3. The maximum atomic E-state index is 13.3. The fourth-order valence-corrected chi connectivity index (χ4v) is 1.42. The second-order valence-corrected chi connectivity index (χ2v) is 3.47. The van der Waals surface area contributed by atoms with Crippen LogP contribution < -0.4 is 16.4 Å². The van der Waals surface area contributed by atoms with Gasteiger partial charge in [-0.3, -0.25) is 4.99 Å². The fraction of sp³-hybridized carbons (Fsp3) is 0.300. The van der Waals surface area contributed by atoms with Gasteiger partial charge >= 0.3 is 0 Å². The lowest BCUT2D eigenvalue weighted by Crippen LogP contribution is -2.26. The Kier molecular flexibility index (Phi) is 2.45. The summed E-state index contributed by atoms with van der Waals surface area (Å²) in [5.74, 6) is 0.371. The molecule has 4 N–H and O–H groups in total. The van der Waals surface area contributed by atoms with Crippen LogP contribution in [0.25, 0.3) is 0 Å². The van der Waals surface area contributed by atoms with Crippen molar-refractivity contribution in [1.29, 1.82) is 0 Å². The lowest BCUT2D eigenvalue weighted by atomic mass is 10.2. The van der Waals surface area contributed by atoms with E-state index in [0.717, 1.165) is 13.1 Å². The predicted octanol–water partition coefficient (Wildman–Crippen LogP) is 1.09. The van der Waals surface area contributed by atoms with E-state index in [9.17, 15) is 4.39 Å². The van der Waals surface area contributed by atoms with Gasteiger partial charge in [-0.05, 0) is 24.6 Å². The van der Waals surface area contributed by atoms with Gasteiger partial charge in [0.2, 0.25) is 0 Å². The van der Waals surface area contributed by atoms with Crippen molar-refractivity contribution >= 4 is 17.3 Å². The van der Waals surface area contributed by atoms with Crippen molar-refractivity contribution < 1.29 is 4.39 Å². The quantitative estimate of drug-likeness (QED) is 0.605. The standard InChI is InChI=1S/C10H13FN4/c1-6-4-8(12)9(5-7(6)11)15-10-13-2-3-14-10/h4-5H,2-3,12H2,1H3,(H2,13,14,15). The van der Waals surface area contributed by atoms with Crippen molar-refractivity contribution in [3.8, 4) is 0 Å². The first kappa shape index (κ1) is 9.76. The highest BCUT2D eigenvalue weighted by molar-refractivity contribution is 5.97. The minimum atomic E-state index is -0.273. The molecule has 1 aromatic carbocycles. The summed E-state index contributed by atoms with van der Waals surface area (Å²) < 4.78 is 13.3. The molecule has 0 spiro atoms.